The number of nitrogens with zero attached hydrogens (tertiary/aromatic N) is 2. The Bertz CT molecular complexity index is 1080. The first-order valence-electron chi connectivity index (χ1n) is 7.57. The lowest BCUT2D eigenvalue weighted by Crippen LogP contribution is -1.95. The van der Waals surface area contributed by atoms with Gasteiger partial charge in [0.1, 0.15) is 4.64 Å². The van der Waals surface area contributed by atoms with E-state index in [0.29, 0.717) is 9.66 Å². The second-order valence-corrected chi connectivity index (χ2v) is 6.48. The summed E-state index contributed by atoms with van der Waals surface area (Å²) in [6.07, 6.45) is 0. The maximum Gasteiger partial charge on any atom is 0.163 e. The van der Waals surface area contributed by atoms with Gasteiger partial charge in [-0.05, 0) is 24.6 Å². The SMILES string of the molecule is Cc1[nH]n2c(=S)cc(-c3ccccc3)nc2c1-c1ccc(Cl)cc1. The van der Waals surface area contributed by atoms with Gasteiger partial charge in [0.2, 0.25) is 0 Å². The summed E-state index contributed by atoms with van der Waals surface area (Å²) >= 11 is 11.6. The van der Waals surface area contributed by atoms with Gasteiger partial charge in [0.15, 0.2) is 5.65 Å². The quantitative estimate of drug-likeness (QED) is 0.471. The van der Waals surface area contributed by atoms with Crippen LogP contribution >= 0.6 is 23.8 Å². The van der Waals surface area contributed by atoms with Crippen LogP contribution < -0.4 is 0 Å². The second kappa shape index (κ2) is 5.89. The van der Waals surface area contributed by atoms with Crippen molar-refractivity contribution in [2.24, 2.45) is 0 Å². The minimum Gasteiger partial charge on any atom is -0.295 e. The third-order valence-corrected chi connectivity index (χ3v) is 4.55. The maximum atomic E-state index is 6.02. The molecule has 0 saturated heterocycles. The lowest BCUT2D eigenvalue weighted by Gasteiger charge is -2.04. The molecule has 4 rings (SSSR count). The lowest BCUT2D eigenvalue weighted by atomic mass is 10.1. The Morgan fingerprint density at radius 1 is 1.00 bits per heavy atom. The van der Waals surface area contributed by atoms with Gasteiger partial charge >= 0.3 is 0 Å². The zero-order valence-corrected chi connectivity index (χ0v) is 14.5. The van der Waals surface area contributed by atoms with Crippen molar-refractivity contribution in [3.8, 4) is 22.4 Å². The fourth-order valence-corrected chi connectivity index (χ4v) is 3.24. The Hall–Kier alpha value is -2.43. The molecule has 0 saturated carbocycles. The first kappa shape index (κ1) is 15.1. The second-order valence-electron chi connectivity index (χ2n) is 5.62. The van der Waals surface area contributed by atoms with E-state index in [1.54, 1.807) is 0 Å². The maximum absolute atomic E-state index is 6.02. The van der Waals surface area contributed by atoms with Gasteiger partial charge in [-0.2, -0.15) is 0 Å². The monoisotopic (exact) mass is 351 g/mol. The molecule has 2 heterocycles. The van der Waals surface area contributed by atoms with E-state index in [2.05, 4.69) is 5.10 Å². The number of halogens is 1. The Labute approximate surface area is 149 Å². The number of aromatic amines is 1. The van der Waals surface area contributed by atoms with Crippen molar-refractivity contribution in [3.05, 3.63) is 76.0 Å². The summed E-state index contributed by atoms with van der Waals surface area (Å²) in [5.74, 6) is 0. The van der Waals surface area contributed by atoms with Crippen molar-refractivity contribution in [2.75, 3.05) is 0 Å². The van der Waals surface area contributed by atoms with Crippen molar-refractivity contribution in [2.45, 2.75) is 6.92 Å². The molecule has 0 radical (unpaired) electrons. The Morgan fingerprint density at radius 3 is 2.42 bits per heavy atom. The Kier molecular flexibility index (Phi) is 3.71. The average Bonchev–Trinajstić information content (AvgIpc) is 2.93. The Balaban J connectivity index is 2.01. The molecule has 0 bridgehead atoms. The number of fused-ring (bicyclic) bond motifs is 1. The van der Waals surface area contributed by atoms with Crippen LogP contribution in [-0.2, 0) is 0 Å². The van der Waals surface area contributed by atoms with Gasteiger partial charge in [0, 0.05) is 27.9 Å². The summed E-state index contributed by atoms with van der Waals surface area (Å²) < 4.78 is 2.54. The molecule has 0 spiro atoms. The first-order valence-corrected chi connectivity index (χ1v) is 8.36. The van der Waals surface area contributed by atoms with E-state index in [0.717, 1.165) is 33.7 Å². The molecular formula is C19H14ClN3S. The summed E-state index contributed by atoms with van der Waals surface area (Å²) in [6, 6.07) is 19.7. The van der Waals surface area contributed by atoms with Crippen LogP contribution in [-0.4, -0.2) is 14.6 Å². The molecule has 0 fully saturated rings. The number of H-pyrrole nitrogens is 1. The number of aromatic nitrogens is 3. The topological polar surface area (TPSA) is 33.1 Å². The molecule has 2 aromatic carbocycles. The normalized spacial score (nSPS) is 11.1. The predicted octanol–water partition coefficient (Wildman–Crippen LogP) is 5.69. The largest absolute Gasteiger partial charge is 0.295 e. The molecule has 0 aliphatic rings. The van der Waals surface area contributed by atoms with Gasteiger partial charge in [-0.3, -0.25) is 5.10 Å². The fourth-order valence-electron chi connectivity index (χ4n) is 2.87. The van der Waals surface area contributed by atoms with Crippen molar-refractivity contribution < 1.29 is 0 Å². The third kappa shape index (κ3) is 2.54. The number of aryl methyl sites for hydroxylation is 1. The highest BCUT2D eigenvalue weighted by Gasteiger charge is 2.14. The number of benzene rings is 2. The molecule has 0 atom stereocenters. The molecule has 5 heteroatoms. The molecule has 4 aromatic rings. The van der Waals surface area contributed by atoms with Crippen molar-refractivity contribution in [3.63, 3.8) is 0 Å². The van der Waals surface area contributed by atoms with Crippen LogP contribution in [0.1, 0.15) is 5.69 Å². The standard InChI is InChI=1S/C19H14ClN3S/c1-12-18(14-7-9-15(20)10-8-14)19-21-16(11-17(24)23(19)22-12)13-5-3-2-4-6-13/h2-11,22H,1H3. The molecule has 0 unspecified atom stereocenters. The first-order chi connectivity index (χ1) is 11.6. The molecule has 118 valence electrons. The van der Waals surface area contributed by atoms with Crippen LogP contribution in [0.15, 0.2) is 60.7 Å². The molecule has 24 heavy (non-hydrogen) atoms. The average molecular weight is 352 g/mol. The summed E-state index contributed by atoms with van der Waals surface area (Å²) in [6.45, 7) is 2.02. The van der Waals surface area contributed by atoms with E-state index in [1.165, 1.54) is 0 Å². The third-order valence-electron chi connectivity index (χ3n) is 4.00. The molecule has 2 aromatic heterocycles. The van der Waals surface area contributed by atoms with E-state index in [9.17, 15) is 0 Å². The Morgan fingerprint density at radius 2 is 1.71 bits per heavy atom. The number of hydrogen-bond donors (Lipinski definition) is 1. The van der Waals surface area contributed by atoms with Crippen LogP contribution in [0.3, 0.4) is 0 Å². The lowest BCUT2D eigenvalue weighted by molar-refractivity contribution is 0.905. The molecule has 0 amide bonds. The highest BCUT2D eigenvalue weighted by atomic mass is 35.5. The zero-order valence-electron chi connectivity index (χ0n) is 13.0. The minimum absolute atomic E-state index is 0.696. The molecule has 0 aliphatic carbocycles. The van der Waals surface area contributed by atoms with Gasteiger partial charge in [-0.25, -0.2) is 9.50 Å². The number of hydrogen-bond acceptors (Lipinski definition) is 2. The van der Waals surface area contributed by atoms with Gasteiger partial charge in [-0.1, -0.05) is 66.3 Å². The number of rotatable bonds is 2. The van der Waals surface area contributed by atoms with E-state index in [1.807, 2.05) is 72.1 Å². The molecule has 0 aliphatic heterocycles. The van der Waals surface area contributed by atoms with E-state index in [-0.39, 0.29) is 0 Å². The summed E-state index contributed by atoms with van der Waals surface area (Å²) in [5.41, 5.74) is 5.85. The van der Waals surface area contributed by atoms with Crippen molar-refractivity contribution in [1.29, 1.82) is 0 Å². The zero-order chi connectivity index (χ0) is 16.7. The van der Waals surface area contributed by atoms with E-state index < -0.39 is 0 Å². The van der Waals surface area contributed by atoms with Crippen molar-refractivity contribution in [1.82, 2.24) is 14.6 Å². The van der Waals surface area contributed by atoms with Crippen LogP contribution in [0, 0.1) is 11.6 Å². The van der Waals surface area contributed by atoms with E-state index in [4.69, 9.17) is 28.8 Å². The van der Waals surface area contributed by atoms with Gasteiger partial charge in [-0.15, -0.1) is 0 Å². The summed E-state index contributed by atoms with van der Waals surface area (Å²) in [5, 5.41) is 4.02. The minimum atomic E-state index is 0.696. The summed E-state index contributed by atoms with van der Waals surface area (Å²) in [7, 11) is 0. The molecule has 3 nitrogen and oxygen atoms in total. The van der Waals surface area contributed by atoms with E-state index >= 15 is 0 Å². The molecule has 1 N–H and O–H groups in total. The van der Waals surface area contributed by atoms with Gasteiger partial charge in [0.05, 0.1) is 5.69 Å². The summed E-state index contributed by atoms with van der Waals surface area (Å²) in [4.78, 5) is 4.86. The highest BCUT2D eigenvalue weighted by Crippen LogP contribution is 2.30. The number of nitrogens with one attached hydrogen (secondary N) is 1. The molecular weight excluding hydrogens is 338 g/mol. The smallest absolute Gasteiger partial charge is 0.163 e. The van der Waals surface area contributed by atoms with Crippen LogP contribution in [0.4, 0.5) is 0 Å². The van der Waals surface area contributed by atoms with Crippen LogP contribution in [0.2, 0.25) is 5.02 Å². The predicted molar refractivity (Wildman–Crippen MR) is 101 cm³/mol. The van der Waals surface area contributed by atoms with Crippen LogP contribution in [0.5, 0.6) is 0 Å². The van der Waals surface area contributed by atoms with Crippen LogP contribution in [0.25, 0.3) is 28.0 Å². The highest BCUT2D eigenvalue weighted by molar-refractivity contribution is 7.71. The van der Waals surface area contributed by atoms with Gasteiger partial charge < -0.3 is 0 Å². The van der Waals surface area contributed by atoms with Crippen molar-refractivity contribution >= 4 is 29.5 Å². The fraction of sp³-hybridized carbons (Fsp3) is 0.0526. The van der Waals surface area contributed by atoms with Gasteiger partial charge in [0.25, 0.3) is 0 Å².